The van der Waals surface area contributed by atoms with E-state index in [1.54, 1.807) is 0 Å². The number of nitrogens with zero attached hydrogens (tertiary/aromatic N) is 2. The van der Waals surface area contributed by atoms with Crippen molar-refractivity contribution in [3.05, 3.63) is 64.2 Å². The van der Waals surface area contributed by atoms with Gasteiger partial charge in [0.2, 0.25) is 5.95 Å². The summed E-state index contributed by atoms with van der Waals surface area (Å²) in [4.78, 5) is 9.14. The fraction of sp³-hybridized carbons (Fsp3) is 0.111. The molecular weight excluding hydrogens is 399 g/mol. The summed E-state index contributed by atoms with van der Waals surface area (Å²) in [6.45, 7) is 2.81. The molecular formula is C18H17IN4. The first kappa shape index (κ1) is 15.7. The van der Waals surface area contributed by atoms with Crippen molar-refractivity contribution in [3.8, 4) is 11.3 Å². The van der Waals surface area contributed by atoms with E-state index in [0.717, 1.165) is 32.9 Å². The van der Waals surface area contributed by atoms with Gasteiger partial charge in [-0.15, -0.1) is 0 Å². The van der Waals surface area contributed by atoms with Crippen LogP contribution < -0.4 is 10.6 Å². The third-order valence-electron chi connectivity index (χ3n) is 3.27. The normalized spacial score (nSPS) is 10.3. The summed E-state index contributed by atoms with van der Waals surface area (Å²) in [5.41, 5.74) is 3.00. The standard InChI is InChI=1S/C18H17IN4/c1-2-20-18-22-16(13-8-4-3-5-9-13)12-17(23-18)21-15-11-7-6-10-14(15)19/h3-12H,2H2,1H3,(H2,20,21,22,23). The molecule has 3 rings (SSSR count). The summed E-state index contributed by atoms with van der Waals surface area (Å²) < 4.78 is 1.15. The zero-order chi connectivity index (χ0) is 16.1. The lowest BCUT2D eigenvalue weighted by Gasteiger charge is -2.11. The van der Waals surface area contributed by atoms with Crippen molar-refractivity contribution >= 4 is 40.0 Å². The number of rotatable bonds is 5. The van der Waals surface area contributed by atoms with Crippen molar-refractivity contribution in [3.63, 3.8) is 0 Å². The van der Waals surface area contributed by atoms with Gasteiger partial charge in [0.1, 0.15) is 5.82 Å². The molecule has 0 unspecified atom stereocenters. The Balaban J connectivity index is 1.99. The van der Waals surface area contributed by atoms with Crippen LogP contribution in [-0.2, 0) is 0 Å². The van der Waals surface area contributed by atoms with Crippen molar-refractivity contribution in [1.82, 2.24) is 9.97 Å². The Hall–Kier alpha value is -2.15. The summed E-state index contributed by atoms with van der Waals surface area (Å²) in [7, 11) is 0. The van der Waals surface area contributed by atoms with E-state index in [0.29, 0.717) is 5.95 Å². The Labute approximate surface area is 149 Å². The number of para-hydroxylation sites is 1. The Bertz CT molecular complexity index is 790. The maximum atomic E-state index is 4.59. The molecule has 0 atom stereocenters. The lowest BCUT2D eigenvalue weighted by molar-refractivity contribution is 1.09. The van der Waals surface area contributed by atoms with E-state index in [1.807, 2.05) is 61.5 Å². The van der Waals surface area contributed by atoms with Crippen molar-refractivity contribution in [1.29, 1.82) is 0 Å². The number of nitrogens with one attached hydrogen (secondary N) is 2. The first-order valence-electron chi connectivity index (χ1n) is 7.46. The van der Waals surface area contributed by atoms with Crippen molar-refractivity contribution in [2.75, 3.05) is 17.2 Å². The number of hydrogen-bond acceptors (Lipinski definition) is 4. The molecule has 0 bridgehead atoms. The molecule has 116 valence electrons. The molecule has 0 aliphatic carbocycles. The Kier molecular flexibility index (Phi) is 5.07. The number of halogens is 1. The molecule has 5 heteroatoms. The quantitative estimate of drug-likeness (QED) is 0.580. The largest absolute Gasteiger partial charge is 0.354 e. The van der Waals surface area contributed by atoms with Crippen LogP contribution in [-0.4, -0.2) is 16.5 Å². The van der Waals surface area contributed by atoms with Crippen LogP contribution in [0, 0.1) is 3.57 Å². The third kappa shape index (κ3) is 3.98. The second-order valence-electron chi connectivity index (χ2n) is 4.96. The molecule has 1 aromatic heterocycles. The molecule has 0 saturated heterocycles. The van der Waals surface area contributed by atoms with Gasteiger partial charge in [-0.05, 0) is 41.6 Å². The highest BCUT2D eigenvalue weighted by molar-refractivity contribution is 14.1. The van der Waals surface area contributed by atoms with Crippen LogP contribution in [0.4, 0.5) is 17.5 Å². The molecule has 4 nitrogen and oxygen atoms in total. The molecule has 2 N–H and O–H groups in total. The van der Waals surface area contributed by atoms with Crippen LogP contribution in [0.15, 0.2) is 60.7 Å². The summed E-state index contributed by atoms with van der Waals surface area (Å²) in [6, 6.07) is 20.2. The maximum Gasteiger partial charge on any atom is 0.225 e. The number of aromatic nitrogens is 2. The lowest BCUT2D eigenvalue weighted by Crippen LogP contribution is -2.05. The molecule has 23 heavy (non-hydrogen) atoms. The molecule has 0 aliphatic heterocycles. The van der Waals surface area contributed by atoms with E-state index in [2.05, 4.69) is 49.3 Å². The maximum absolute atomic E-state index is 4.59. The molecule has 0 spiro atoms. The van der Waals surface area contributed by atoms with Crippen LogP contribution >= 0.6 is 22.6 Å². The van der Waals surface area contributed by atoms with Crippen LogP contribution in [0.1, 0.15) is 6.92 Å². The minimum atomic E-state index is 0.627. The minimum Gasteiger partial charge on any atom is -0.354 e. The zero-order valence-corrected chi connectivity index (χ0v) is 14.9. The number of hydrogen-bond donors (Lipinski definition) is 2. The Morgan fingerprint density at radius 1 is 0.957 bits per heavy atom. The molecule has 0 fully saturated rings. The third-order valence-corrected chi connectivity index (χ3v) is 4.21. The predicted molar refractivity (Wildman–Crippen MR) is 104 cm³/mol. The summed E-state index contributed by atoms with van der Waals surface area (Å²) in [6.07, 6.45) is 0. The van der Waals surface area contributed by atoms with E-state index >= 15 is 0 Å². The van der Waals surface area contributed by atoms with Gasteiger partial charge in [-0.25, -0.2) is 4.98 Å². The van der Waals surface area contributed by atoms with Gasteiger partial charge in [-0.1, -0.05) is 42.5 Å². The predicted octanol–water partition coefficient (Wildman–Crippen LogP) is 4.92. The van der Waals surface area contributed by atoms with Crippen molar-refractivity contribution in [2.24, 2.45) is 0 Å². The van der Waals surface area contributed by atoms with Crippen LogP contribution in [0.25, 0.3) is 11.3 Å². The van der Waals surface area contributed by atoms with Crippen LogP contribution in [0.3, 0.4) is 0 Å². The highest BCUT2D eigenvalue weighted by atomic mass is 127. The van der Waals surface area contributed by atoms with Gasteiger partial charge in [0, 0.05) is 21.7 Å². The van der Waals surface area contributed by atoms with E-state index in [4.69, 9.17) is 0 Å². The lowest BCUT2D eigenvalue weighted by atomic mass is 10.1. The van der Waals surface area contributed by atoms with Crippen LogP contribution in [0.2, 0.25) is 0 Å². The molecule has 2 aromatic carbocycles. The molecule has 0 amide bonds. The SMILES string of the molecule is CCNc1nc(Nc2ccccc2I)cc(-c2ccccc2)n1. The molecule has 3 aromatic rings. The second-order valence-corrected chi connectivity index (χ2v) is 6.13. The highest BCUT2D eigenvalue weighted by Gasteiger charge is 2.07. The zero-order valence-electron chi connectivity index (χ0n) is 12.8. The van der Waals surface area contributed by atoms with Gasteiger partial charge in [0.05, 0.1) is 11.4 Å². The summed E-state index contributed by atoms with van der Waals surface area (Å²) >= 11 is 2.31. The Morgan fingerprint density at radius 2 is 1.70 bits per heavy atom. The van der Waals surface area contributed by atoms with Gasteiger partial charge in [-0.3, -0.25) is 0 Å². The summed E-state index contributed by atoms with van der Waals surface area (Å²) in [5.74, 6) is 1.40. The first-order valence-corrected chi connectivity index (χ1v) is 8.54. The van der Waals surface area contributed by atoms with Gasteiger partial charge in [0.15, 0.2) is 0 Å². The molecule has 1 heterocycles. The second kappa shape index (κ2) is 7.41. The van der Waals surface area contributed by atoms with Gasteiger partial charge in [-0.2, -0.15) is 4.98 Å². The van der Waals surface area contributed by atoms with Crippen molar-refractivity contribution < 1.29 is 0 Å². The average Bonchev–Trinajstić information content (AvgIpc) is 2.58. The first-order chi connectivity index (χ1) is 11.3. The fourth-order valence-electron chi connectivity index (χ4n) is 2.21. The van der Waals surface area contributed by atoms with E-state index in [9.17, 15) is 0 Å². The molecule has 0 saturated carbocycles. The highest BCUT2D eigenvalue weighted by Crippen LogP contribution is 2.25. The van der Waals surface area contributed by atoms with E-state index in [1.165, 1.54) is 0 Å². The Morgan fingerprint density at radius 3 is 2.43 bits per heavy atom. The van der Waals surface area contributed by atoms with E-state index in [-0.39, 0.29) is 0 Å². The van der Waals surface area contributed by atoms with Crippen molar-refractivity contribution in [2.45, 2.75) is 6.92 Å². The van der Waals surface area contributed by atoms with E-state index < -0.39 is 0 Å². The minimum absolute atomic E-state index is 0.627. The molecule has 0 radical (unpaired) electrons. The van der Waals surface area contributed by atoms with Gasteiger partial charge >= 0.3 is 0 Å². The smallest absolute Gasteiger partial charge is 0.225 e. The monoisotopic (exact) mass is 416 g/mol. The average molecular weight is 416 g/mol. The van der Waals surface area contributed by atoms with Gasteiger partial charge in [0.25, 0.3) is 0 Å². The van der Waals surface area contributed by atoms with Crippen LogP contribution in [0.5, 0.6) is 0 Å². The number of anilines is 3. The molecule has 0 aliphatic rings. The topological polar surface area (TPSA) is 49.8 Å². The van der Waals surface area contributed by atoms with Gasteiger partial charge < -0.3 is 10.6 Å². The summed E-state index contributed by atoms with van der Waals surface area (Å²) in [5, 5.41) is 6.58. The number of benzene rings is 2. The fourth-order valence-corrected chi connectivity index (χ4v) is 2.73.